The van der Waals surface area contributed by atoms with Gasteiger partial charge in [0.05, 0.1) is 36.0 Å². The van der Waals surface area contributed by atoms with E-state index in [1.807, 2.05) is 12.2 Å². The third-order valence-electron chi connectivity index (χ3n) is 11.4. The Balaban J connectivity index is 1.33. The van der Waals surface area contributed by atoms with Crippen molar-refractivity contribution in [3.8, 4) is 11.5 Å². The van der Waals surface area contributed by atoms with E-state index < -0.39 is 58.6 Å². The molecule has 3 N–H and O–H groups in total. The fourth-order valence-corrected chi connectivity index (χ4v) is 9.04. The molecule has 54 heavy (non-hydrogen) atoms. The first-order valence-electron chi connectivity index (χ1n) is 17.9. The summed E-state index contributed by atoms with van der Waals surface area (Å²) in [6, 6.07) is 16.9. The van der Waals surface area contributed by atoms with Crippen LogP contribution in [0.3, 0.4) is 0 Å². The molecule has 2 aliphatic heterocycles. The Hall–Kier alpha value is -5.49. The standard InChI is InChI=1S/C41H39ClFN3O8/c1-54-34-21-23(7-19-33(34)47)6-18-31-28-16-17-29-36(39(52)45(37(29)50)20-4-2-3-5-35(48)49)30(28)22-32-38(51)46(44-27-14-12-26(43)13-15-27)40(53)41(31,32)24-8-10-25(42)11-9-24/h6-16,18-19,21,29-32,36,44,47H,2-5,17,20,22H2,1H3,(H,48,49). The zero-order chi connectivity index (χ0) is 38.3. The van der Waals surface area contributed by atoms with E-state index in [9.17, 15) is 28.7 Å². The number of anilines is 1. The van der Waals surface area contributed by atoms with Gasteiger partial charge in [0.2, 0.25) is 11.8 Å². The second-order valence-electron chi connectivity index (χ2n) is 14.2. The Kier molecular flexibility index (Phi) is 10.1. The van der Waals surface area contributed by atoms with E-state index in [1.165, 1.54) is 42.3 Å². The summed E-state index contributed by atoms with van der Waals surface area (Å²) in [5, 5.41) is 20.7. The minimum atomic E-state index is -1.52. The molecule has 3 aromatic rings. The first kappa shape index (κ1) is 36.9. The molecular formula is C41H39ClFN3O8. The Morgan fingerprint density at radius 1 is 0.981 bits per heavy atom. The van der Waals surface area contributed by atoms with E-state index in [2.05, 4.69) is 5.43 Å². The molecule has 0 radical (unpaired) electrons. The van der Waals surface area contributed by atoms with Crippen molar-refractivity contribution < 1.29 is 43.3 Å². The van der Waals surface area contributed by atoms with Crippen molar-refractivity contribution in [2.75, 3.05) is 19.1 Å². The minimum absolute atomic E-state index is 0.00483. The van der Waals surface area contributed by atoms with Gasteiger partial charge in [0.25, 0.3) is 11.8 Å². The molecule has 2 heterocycles. The van der Waals surface area contributed by atoms with Gasteiger partial charge in [0.1, 0.15) is 5.82 Å². The first-order chi connectivity index (χ1) is 25.9. The predicted octanol–water partition coefficient (Wildman–Crippen LogP) is 6.37. The van der Waals surface area contributed by atoms with Gasteiger partial charge in [0, 0.05) is 23.9 Å². The number of benzene rings is 3. The molecule has 6 unspecified atom stereocenters. The smallest absolute Gasteiger partial charge is 0.303 e. The van der Waals surface area contributed by atoms with E-state index >= 15 is 4.79 Å². The summed E-state index contributed by atoms with van der Waals surface area (Å²) in [7, 11) is 1.43. The van der Waals surface area contributed by atoms with Gasteiger partial charge in [-0.15, -0.1) is 0 Å². The molecule has 2 saturated heterocycles. The SMILES string of the molecule is COc1cc(C=CC2C3=CCC4C(=O)N(CCCCCC(=O)O)C(=O)C4C3CC3C(=O)N(Nc4ccc(F)cc4)C(=O)C23c2ccc(Cl)cc2)ccc1O. The van der Waals surface area contributed by atoms with Crippen molar-refractivity contribution in [1.82, 2.24) is 9.91 Å². The number of phenolic OH excluding ortho intramolecular Hbond substituents is 1. The molecular weight excluding hydrogens is 717 g/mol. The van der Waals surface area contributed by atoms with Crippen molar-refractivity contribution >= 4 is 53.0 Å². The fourth-order valence-electron chi connectivity index (χ4n) is 8.92. The maximum absolute atomic E-state index is 15.1. The third kappa shape index (κ3) is 6.31. The number of fused-ring (bicyclic) bond motifs is 4. The van der Waals surface area contributed by atoms with Crippen LogP contribution in [0.1, 0.15) is 49.7 Å². The van der Waals surface area contributed by atoms with Crippen LogP contribution in [0.2, 0.25) is 5.02 Å². The summed E-state index contributed by atoms with van der Waals surface area (Å²) < 4.78 is 19.2. The lowest BCUT2D eigenvalue weighted by Crippen LogP contribution is -2.54. The molecule has 0 bridgehead atoms. The predicted molar refractivity (Wildman–Crippen MR) is 196 cm³/mol. The molecule has 3 aromatic carbocycles. The highest BCUT2D eigenvalue weighted by molar-refractivity contribution is 6.30. The molecule has 2 aliphatic carbocycles. The van der Waals surface area contributed by atoms with E-state index in [1.54, 1.807) is 42.5 Å². The highest BCUT2D eigenvalue weighted by Crippen LogP contribution is 2.61. The summed E-state index contributed by atoms with van der Waals surface area (Å²) in [5.41, 5.74) is 3.67. The highest BCUT2D eigenvalue weighted by atomic mass is 35.5. The number of likely N-dealkylation sites (tertiary alicyclic amines) is 1. The average Bonchev–Trinajstić information content (AvgIpc) is 3.53. The number of carbonyl (C=O) groups is 5. The van der Waals surface area contributed by atoms with Crippen molar-refractivity contribution in [1.29, 1.82) is 0 Å². The van der Waals surface area contributed by atoms with Crippen LogP contribution in [0.15, 0.2) is 84.5 Å². The lowest BCUT2D eigenvalue weighted by atomic mass is 9.50. The van der Waals surface area contributed by atoms with Crippen LogP contribution in [0.25, 0.3) is 6.08 Å². The molecule has 280 valence electrons. The average molecular weight is 756 g/mol. The molecule has 13 heteroatoms. The Morgan fingerprint density at radius 2 is 1.72 bits per heavy atom. The van der Waals surface area contributed by atoms with Gasteiger partial charge in [0.15, 0.2) is 11.5 Å². The van der Waals surface area contributed by atoms with Gasteiger partial charge in [-0.3, -0.25) is 34.3 Å². The number of carbonyl (C=O) groups excluding carboxylic acids is 4. The number of nitrogens with zero attached hydrogens (tertiary/aromatic N) is 2. The molecule has 6 atom stereocenters. The zero-order valence-corrected chi connectivity index (χ0v) is 30.2. The van der Waals surface area contributed by atoms with Crippen LogP contribution in [-0.2, 0) is 29.4 Å². The van der Waals surface area contributed by atoms with Crippen LogP contribution in [0.5, 0.6) is 11.5 Å². The molecule has 4 aliphatic rings. The first-order valence-corrected chi connectivity index (χ1v) is 18.3. The summed E-state index contributed by atoms with van der Waals surface area (Å²) in [4.78, 5) is 70.1. The molecule has 1 saturated carbocycles. The number of hydrazine groups is 1. The van der Waals surface area contributed by atoms with Gasteiger partial charge in [-0.05, 0) is 91.3 Å². The number of ether oxygens (including phenoxy) is 1. The number of halogens is 2. The summed E-state index contributed by atoms with van der Waals surface area (Å²) in [5.74, 6) is -6.63. The second-order valence-corrected chi connectivity index (χ2v) is 14.7. The van der Waals surface area contributed by atoms with Crippen LogP contribution < -0.4 is 10.2 Å². The minimum Gasteiger partial charge on any atom is -0.504 e. The molecule has 4 amide bonds. The zero-order valence-electron chi connectivity index (χ0n) is 29.4. The maximum Gasteiger partial charge on any atom is 0.303 e. The molecule has 3 fully saturated rings. The molecule has 0 aromatic heterocycles. The lowest BCUT2D eigenvalue weighted by molar-refractivity contribution is -0.141. The number of aromatic hydroxyl groups is 1. The largest absolute Gasteiger partial charge is 0.504 e. The third-order valence-corrected chi connectivity index (χ3v) is 11.6. The number of hydrogen-bond acceptors (Lipinski definition) is 8. The normalized spacial score (nSPS) is 26.1. The summed E-state index contributed by atoms with van der Waals surface area (Å²) >= 11 is 6.34. The van der Waals surface area contributed by atoms with E-state index in [0.29, 0.717) is 41.1 Å². The molecule has 11 nitrogen and oxygen atoms in total. The second kappa shape index (κ2) is 14.7. The number of carboxylic acid groups (broad SMARTS) is 1. The summed E-state index contributed by atoms with van der Waals surface area (Å²) in [6.07, 6.45) is 7.39. The fraction of sp³-hybridized carbons (Fsp3) is 0.341. The Morgan fingerprint density at radius 3 is 2.43 bits per heavy atom. The van der Waals surface area contributed by atoms with Crippen molar-refractivity contribution in [3.05, 3.63) is 106 Å². The monoisotopic (exact) mass is 755 g/mol. The summed E-state index contributed by atoms with van der Waals surface area (Å²) in [6.45, 7) is 0.170. The number of unbranched alkanes of at least 4 members (excludes halogenated alkanes) is 2. The van der Waals surface area contributed by atoms with Crippen molar-refractivity contribution in [3.63, 3.8) is 0 Å². The maximum atomic E-state index is 15.1. The van der Waals surface area contributed by atoms with Crippen LogP contribution in [-0.4, -0.2) is 63.4 Å². The van der Waals surface area contributed by atoms with Gasteiger partial charge in [-0.1, -0.05) is 60.0 Å². The number of carboxylic acids is 1. The van der Waals surface area contributed by atoms with Crippen LogP contribution >= 0.6 is 11.6 Å². The highest BCUT2D eigenvalue weighted by Gasteiger charge is 2.69. The van der Waals surface area contributed by atoms with Gasteiger partial charge < -0.3 is 14.9 Å². The van der Waals surface area contributed by atoms with E-state index in [0.717, 1.165) is 10.6 Å². The van der Waals surface area contributed by atoms with Crippen LogP contribution in [0, 0.1) is 35.4 Å². The Bertz CT molecular complexity index is 2070. The Labute approximate surface area is 316 Å². The molecule has 7 rings (SSSR count). The topological polar surface area (TPSA) is 154 Å². The number of hydrogen-bond donors (Lipinski definition) is 3. The van der Waals surface area contributed by atoms with E-state index in [-0.39, 0.29) is 49.1 Å². The number of allylic oxidation sites excluding steroid dienone is 3. The van der Waals surface area contributed by atoms with Crippen LogP contribution in [0.4, 0.5) is 10.1 Å². The number of aliphatic carboxylic acids is 1. The number of rotatable bonds is 12. The van der Waals surface area contributed by atoms with Crippen molar-refractivity contribution in [2.24, 2.45) is 29.6 Å². The van der Waals surface area contributed by atoms with Crippen molar-refractivity contribution in [2.45, 2.75) is 43.9 Å². The number of methoxy groups -OCH3 is 1. The van der Waals surface area contributed by atoms with Gasteiger partial charge >= 0.3 is 5.97 Å². The van der Waals surface area contributed by atoms with Gasteiger partial charge in [-0.25, -0.2) is 4.39 Å². The van der Waals surface area contributed by atoms with Gasteiger partial charge in [-0.2, -0.15) is 5.01 Å². The quantitative estimate of drug-likeness (QED) is 0.109. The lowest BCUT2D eigenvalue weighted by Gasteiger charge is -2.49. The van der Waals surface area contributed by atoms with E-state index in [4.69, 9.17) is 21.4 Å². The number of amides is 4. The number of phenols is 1. The molecule has 0 spiro atoms. The number of imide groups is 2. The number of nitrogens with one attached hydrogen (secondary N) is 1.